The first kappa shape index (κ1) is 12.9. The minimum Gasteiger partial charge on any atom is -0.481 e. The smallest absolute Gasteiger partial charge is 0.310 e. The van der Waals surface area contributed by atoms with Crippen LogP contribution in [0.25, 0.3) is 0 Å². The fourth-order valence-electron chi connectivity index (χ4n) is 3.35. The molecule has 0 bridgehead atoms. The van der Waals surface area contributed by atoms with E-state index < -0.39 is 21.2 Å². The topological polar surface area (TPSA) is 71.4 Å². The van der Waals surface area contributed by atoms with Crippen molar-refractivity contribution in [3.63, 3.8) is 0 Å². The van der Waals surface area contributed by atoms with E-state index in [9.17, 15) is 18.3 Å². The quantitative estimate of drug-likeness (QED) is 0.820. The van der Waals surface area contributed by atoms with Crippen LogP contribution in [-0.4, -0.2) is 31.0 Å². The van der Waals surface area contributed by atoms with Gasteiger partial charge in [0.1, 0.15) is 0 Å². The minimum absolute atomic E-state index is 0.0470. The summed E-state index contributed by atoms with van der Waals surface area (Å²) in [6.07, 6.45) is 4.09. The van der Waals surface area contributed by atoms with Gasteiger partial charge in [0, 0.05) is 0 Å². The number of carboxylic acid groups (broad SMARTS) is 1. The van der Waals surface area contributed by atoms with Crippen molar-refractivity contribution in [2.24, 2.45) is 17.3 Å². The Morgan fingerprint density at radius 2 is 1.82 bits per heavy atom. The minimum atomic E-state index is -3.14. The molecule has 1 aliphatic carbocycles. The Hall–Kier alpha value is -0.580. The zero-order valence-electron chi connectivity index (χ0n) is 10.2. The number of hydrogen-bond donors (Lipinski definition) is 1. The van der Waals surface area contributed by atoms with E-state index in [1.807, 2.05) is 0 Å². The summed E-state index contributed by atoms with van der Waals surface area (Å²) in [4.78, 5) is 11.5. The lowest BCUT2D eigenvalue weighted by molar-refractivity contribution is -0.151. The summed E-state index contributed by atoms with van der Waals surface area (Å²) in [7, 11) is -3.14. The van der Waals surface area contributed by atoms with Crippen LogP contribution < -0.4 is 0 Å². The normalized spacial score (nSPS) is 41.2. The van der Waals surface area contributed by atoms with E-state index in [0.717, 1.165) is 25.7 Å². The standard InChI is InChI=1S/C12H20O4S/c1-9-2-4-10(5-3-9)12(11(13)14)6-7-17(15,16)8-12/h9-10H,2-8H2,1H3,(H,13,14). The lowest BCUT2D eigenvalue weighted by atomic mass is 9.67. The van der Waals surface area contributed by atoms with Crippen molar-refractivity contribution in [2.75, 3.05) is 11.5 Å². The first-order valence-electron chi connectivity index (χ1n) is 6.29. The fourth-order valence-corrected chi connectivity index (χ4v) is 5.46. The second-order valence-electron chi connectivity index (χ2n) is 5.76. The lowest BCUT2D eigenvalue weighted by Crippen LogP contribution is -2.41. The molecule has 0 radical (unpaired) electrons. The van der Waals surface area contributed by atoms with E-state index in [4.69, 9.17) is 0 Å². The van der Waals surface area contributed by atoms with Crippen LogP contribution in [0.15, 0.2) is 0 Å². The van der Waals surface area contributed by atoms with E-state index in [2.05, 4.69) is 6.92 Å². The number of carbonyl (C=O) groups is 1. The first-order valence-corrected chi connectivity index (χ1v) is 8.12. The van der Waals surface area contributed by atoms with E-state index >= 15 is 0 Å². The highest BCUT2D eigenvalue weighted by Gasteiger charge is 2.53. The van der Waals surface area contributed by atoms with Crippen molar-refractivity contribution >= 4 is 15.8 Å². The summed E-state index contributed by atoms with van der Waals surface area (Å²) < 4.78 is 23.2. The second-order valence-corrected chi connectivity index (χ2v) is 7.94. The molecule has 2 aliphatic rings. The number of sulfone groups is 1. The van der Waals surface area contributed by atoms with Gasteiger partial charge in [-0.1, -0.05) is 19.8 Å². The molecule has 1 saturated heterocycles. The summed E-state index contributed by atoms with van der Waals surface area (Å²) in [6, 6.07) is 0. The summed E-state index contributed by atoms with van der Waals surface area (Å²) >= 11 is 0. The van der Waals surface area contributed by atoms with Crippen LogP contribution >= 0.6 is 0 Å². The van der Waals surface area contributed by atoms with Crippen LogP contribution in [0.2, 0.25) is 0 Å². The highest BCUT2D eigenvalue weighted by Crippen LogP contribution is 2.47. The Labute approximate surface area is 102 Å². The molecule has 2 rings (SSSR count). The molecule has 17 heavy (non-hydrogen) atoms. The largest absolute Gasteiger partial charge is 0.481 e. The molecule has 1 aliphatic heterocycles. The molecule has 4 nitrogen and oxygen atoms in total. The third-order valence-electron chi connectivity index (χ3n) is 4.56. The van der Waals surface area contributed by atoms with Gasteiger partial charge in [-0.05, 0) is 31.1 Å². The van der Waals surface area contributed by atoms with Gasteiger partial charge in [0.15, 0.2) is 9.84 Å². The van der Waals surface area contributed by atoms with Gasteiger partial charge in [-0.25, -0.2) is 8.42 Å². The molecule has 0 aromatic rings. The molecule has 2 fully saturated rings. The van der Waals surface area contributed by atoms with Gasteiger partial charge in [0.05, 0.1) is 16.9 Å². The molecule has 5 heteroatoms. The van der Waals surface area contributed by atoms with E-state index in [-0.39, 0.29) is 17.4 Å². The van der Waals surface area contributed by atoms with Crippen molar-refractivity contribution < 1.29 is 18.3 Å². The van der Waals surface area contributed by atoms with Crippen LogP contribution in [0.4, 0.5) is 0 Å². The van der Waals surface area contributed by atoms with E-state index in [1.54, 1.807) is 0 Å². The summed E-state index contributed by atoms with van der Waals surface area (Å²) in [5.74, 6) is -0.304. The molecule has 1 atom stereocenters. The Balaban J connectivity index is 2.22. The van der Waals surface area contributed by atoms with Crippen LogP contribution in [0.1, 0.15) is 39.0 Å². The highest BCUT2D eigenvalue weighted by atomic mass is 32.2. The third kappa shape index (κ3) is 2.34. The molecule has 1 heterocycles. The summed E-state index contributed by atoms with van der Waals surface area (Å²) in [5, 5.41) is 9.45. The Morgan fingerprint density at radius 3 is 2.24 bits per heavy atom. The molecular weight excluding hydrogens is 240 g/mol. The monoisotopic (exact) mass is 260 g/mol. The molecule has 0 spiro atoms. The van der Waals surface area contributed by atoms with Gasteiger partial charge in [-0.3, -0.25) is 4.79 Å². The van der Waals surface area contributed by atoms with E-state index in [0.29, 0.717) is 12.3 Å². The molecule has 0 aromatic heterocycles. The van der Waals surface area contributed by atoms with Crippen molar-refractivity contribution in [3.8, 4) is 0 Å². The van der Waals surface area contributed by atoms with Crippen LogP contribution in [-0.2, 0) is 14.6 Å². The van der Waals surface area contributed by atoms with E-state index in [1.165, 1.54) is 0 Å². The lowest BCUT2D eigenvalue weighted by Gasteiger charge is -2.37. The summed E-state index contributed by atoms with van der Waals surface area (Å²) in [6.45, 7) is 2.18. The van der Waals surface area contributed by atoms with Gasteiger partial charge in [-0.15, -0.1) is 0 Å². The van der Waals surface area contributed by atoms with Crippen LogP contribution in [0.5, 0.6) is 0 Å². The number of carboxylic acids is 1. The predicted molar refractivity (Wildman–Crippen MR) is 64.5 cm³/mol. The zero-order chi connectivity index (χ0) is 12.7. The van der Waals surface area contributed by atoms with Gasteiger partial charge < -0.3 is 5.11 Å². The average Bonchev–Trinajstić information content (AvgIpc) is 2.57. The molecule has 0 aromatic carbocycles. The molecule has 98 valence electrons. The summed E-state index contributed by atoms with van der Waals surface area (Å²) in [5.41, 5.74) is -0.987. The molecular formula is C12H20O4S. The predicted octanol–water partition coefficient (Wildman–Crippen LogP) is 1.70. The van der Waals surface area contributed by atoms with Crippen LogP contribution in [0, 0.1) is 17.3 Å². The van der Waals surface area contributed by atoms with Crippen LogP contribution in [0.3, 0.4) is 0 Å². The third-order valence-corrected chi connectivity index (χ3v) is 6.34. The Kier molecular flexibility index (Phi) is 3.23. The highest BCUT2D eigenvalue weighted by molar-refractivity contribution is 7.91. The molecule has 1 N–H and O–H groups in total. The maximum atomic E-state index is 11.6. The van der Waals surface area contributed by atoms with Crippen molar-refractivity contribution in [1.82, 2.24) is 0 Å². The maximum Gasteiger partial charge on any atom is 0.310 e. The number of aliphatic carboxylic acids is 1. The van der Waals surface area contributed by atoms with Gasteiger partial charge in [-0.2, -0.15) is 0 Å². The van der Waals surface area contributed by atoms with Gasteiger partial charge in [0.25, 0.3) is 0 Å². The Morgan fingerprint density at radius 1 is 1.24 bits per heavy atom. The van der Waals surface area contributed by atoms with Gasteiger partial charge in [0.2, 0.25) is 0 Å². The average molecular weight is 260 g/mol. The second kappa shape index (κ2) is 4.26. The Bertz CT molecular complexity index is 406. The first-order chi connectivity index (χ1) is 7.86. The molecule has 1 saturated carbocycles. The zero-order valence-corrected chi connectivity index (χ0v) is 11.0. The van der Waals surface area contributed by atoms with Crippen molar-refractivity contribution in [2.45, 2.75) is 39.0 Å². The molecule has 0 amide bonds. The van der Waals surface area contributed by atoms with Gasteiger partial charge >= 0.3 is 5.97 Å². The maximum absolute atomic E-state index is 11.6. The number of rotatable bonds is 2. The fraction of sp³-hybridized carbons (Fsp3) is 0.917. The SMILES string of the molecule is CC1CCC(C2(C(=O)O)CCS(=O)(=O)C2)CC1. The van der Waals surface area contributed by atoms with Crippen molar-refractivity contribution in [1.29, 1.82) is 0 Å². The number of hydrogen-bond acceptors (Lipinski definition) is 3. The molecule has 1 unspecified atom stereocenters. The van der Waals surface area contributed by atoms with Crippen molar-refractivity contribution in [3.05, 3.63) is 0 Å².